The Bertz CT molecular complexity index is 1210. The van der Waals surface area contributed by atoms with Gasteiger partial charge in [0.05, 0.1) is 19.3 Å². The van der Waals surface area contributed by atoms with Gasteiger partial charge in [0.1, 0.15) is 5.76 Å². The summed E-state index contributed by atoms with van der Waals surface area (Å²) in [6.07, 6.45) is 6.39. The van der Waals surface area contributed by atoms with E-state index in [0.717, 1.165) is 71.4 Å². The number of amides is 1. The lowest BCUT2D eigenvalue weighted by molar-refractivity contribution is -0.126. The number of hydrogen-bond donors (Lipinski definition) is 0. The summed E-state index contributed by atoms with van der Waals surface area (Å²) in [5, 5.41) is 4.13. The molecular weight excluding hydrogens is 418 g/mol. The summed E-state index contributed by atoms with van der Waals surface area (Å²) in [6, 6.07) is 10.1. The molecule has 1 amide bonds. The number of hydrogen-bond acceptors (Lipinski definition) is 5. The van der Waals surface area contributed by atoms with Gasteiger partial charge in [-0.25, -0.2) is 0 Å². The molecule has 0 N–H and O–H groups in total. The summed E-state index contributed by atoms with van der Waals surface area (Å²) in [5.41, 5.74) is 4.15. The molecule has 1 aromatic carbocycles. The highest BCUT2D eigenvalue weighted by molar-refractivity contribution is 5.92. The van der Waals surface area contributed by atoms with E-state index in [-0.39, 0.29) is 11.9 Å². The van der Waals surface area contributed by atoms with E-state index in [9.17, 15) is 4.79 Å². The fourth-order valence-corrected chi connectivity index (χ4v) is 4.79. The SMILES string of the molecule is Cc1cc(-n2c(C)cc(/C=C/C(=O)N3CCCC3c3ccc4c(c3)OCCCO4)c2C)no1. The van der Waals surface area contributed by atoms with Crippen molar-refractivity contribution in [2.75, 3.05) is 19.8 Å². The van der Waals surface area contributed by atoms with Crippen LogP contribution in [-0.2, 0) is 4.79 Å². The van der Waals surface area contributed by atoms with Crippen molar-refractivity contribution >= 4 is 12.0 Å². The highest BCUT2D eigenvalue weighted by atomic mass is 16.5. The van der Waals surface area contributed by atoms with Crippen LogP contribution in [0.15, 0.2) is 40.9 Å². The number of rotatable bonds is 4. The highest BCUT2D eigenvalue weighted by Gasteiger charge is 2.29. The number of benzene rings is 1. The second-order valence-electron chi connectivity index (χ2n) is 8.74. The summed E-state index contributed by atoms with van der Waals surface area (Å²) >= 11 is 0. The number of likely N-dealkylation sites (tertiary alicyclic amines) is 1. The summed E-state index contributed by atoms with van der Waals surface area (Å²) in [5.74, 6) is 3.09. The Morgan fingerprint density at radius 2 is 1.88 bits per heavy atom. The lowest BCUT2D eigenvalue weighted by Crippen LogP contribution is -2.28. The van der Waals surface area contributed by atoms with Crippen LogP contribution in [0.25, 0.3) is 11.9 Å². The minimum Gasteiger partial charge on any atom is -0.490 e. The summed E-state index contributed by atoms with van der Waals surface area (Å²) < 4.78 is 18.9. The summed E-state index contributed by atoms with van der Waals surface area (Å²) in [7, 11) is 0. The zero-order valence-electron chi connectivity index (χ0n) is 19.3. The quantitative estimate of drug-likeness (QED) is 0.531. The molecular formula is C26H29N3O4. The van der Waals surface area contributed by atoms with Gasteiger partial charge in [0.15, 0.2) is 17.3 Å². The van der Waals surface area contributed by atoms with Crippen LogP contribution in [-0.4, -0.2) is 40.3 Å². The van der Waals surface area contributed by atoms with E-state index in [4.69, 9.17) is 14.0 Å². The second kappa shape index (κ2) is 8.81. The second-order valence-corrected chi connectivity index (χ2v) is 8.74. The van der Waals surface area contributed by atoms with Crippen molar-refractivity contribution in [1.29, 1.82) is 0 Å². The number of fused-ring (bicyclic) bond motifs is 1. The Balaban J connectivity index is 1.35. The van der Waals surface area contributed by atoms with Gasteiger partial charge in [0.25, 0.3) is 0 Å². The van der Waals surface area contributed by atoms with Gasteiger partial charge in [-0.15, -0.1) is 0 Å². The van der Waals surface area contributed by atoms with Crippen molar-refractivity contribution in [3.63, 3.8) is 0 Å². The van der Waals surface area contributed by atoms with E-state index in [1.165, 1.54) is 0 Å². The van der Waals surface area contributed by atoms with Crippen LogP contribution in [0.4, 0.5) is 0 Å². The topological polar surface area (TPSA) is 69.7 Å². The van der Waals surface area contributed by atoms with Gasteiger partial charge in [0.2, 0.25) is 5.91 Å². The van der Waals surface area contributed by atoms with E-state index in [1.54, 1.807) is 6.08 Å². The molecule has 33 heavy (non-hydrogen) atoms. The molecule has 0 spiro atoms. The van der Waals surface area contributed by atoms with Crippen molar-refractivity contribution in [3.05, 3.63) is 64.7 Å². The highest BCUT2D eigenvalue weighted by Crippen LogP contribution is 2.38. The van der Waals surface area contributed by atoms with Crippen LogP contribution in [0, 0.1) is 20.8 Å². The maximum Gasteiger partial charge on any atom is 0.247 e. The van der Waals surface area contributed by atoms with Crippen molar-refractivity contribution in [3.8, 4) is 17.3 Å². The average molecular weight is 448 g/mol. The van der Waals surface area contributed by atoms with Gasteiger partial charge < -0.3 is 18.9 Å². The Morgan fingerprint density at radius 1 is 1.06 bits per heavy atom. The van der Waals surface area contributed by atoms with Crippen molar-refractivity contribution in [2.45, 2.75) is 46.1 Å². The van der Waals surface area contributed by atoms with Crippen LogP contribution in [0.5, 0.6) is 11.5 Å². The molecule has 172 valence electrons. The first-order chi connectivity index (χ1) is 16.0. The van der Waals surface area contributed by atoms with E-state index in [1.807, 2.05) is 54.5 Å². The molecule has 7 heteroatoms. The largest absolute Gasteiger partial charge is 0.490 e. The third kappa shape index (κ3) is 4.15. The number of ether oxygens (including phenoxy) is 2. The monoisotopic (exact) mass is 447 g/mol. The molecule has 4 heterocycles. The molecule has 2 aliphatic heterocycles. The molecule has 0 saturated carbocycles. The Hall–Kier alpha value is -3.48. The molecule has 2 aromatic heterocycles. The first-order valence-corrected chi connectivity index (χ1v) is 11.5. The van der Waals surface area contributed by atoms with Crippen LogP contribution in [0.2, 0.25) is 0 Å². The molecule has 7 nitrogen and oxygen atoms in total. The van der Waals surface area contributed by atoms with Gasteiger partial charge in [-0.2, -0.15) is 0 Å². The van der Waals surface area contributed by atoms with Crippen molar-refractivity contribution < 1.29 is 18.8 Å². The lowest BCUT2D eigenvalue weighted by atomic mass is 10.0. The zero-order chi connectivity index (χ0) is 22.9. The fourth-order valence-electron chi connectivity index (χ4n) is 4.79. The van der Waals surface area contributed by atoms with E-state index in [2.05, 4.69) is 17.3 Å². The molecule has 0 bridgehead atoms. The number of aromatic nitrogens is 2. The van der Waals surface area contributed by atoms with Gasteiger partial charge in [0, 0.05) is 36.5 Å². The zero-order valence-corrected chi connectivity index (χ0v) is 19.3. The number of aryl methyl sites for hydroxylation is 2. The molecule has 3 aromatic rings. The lowest BCUT2D eigenvalue weighted by Gasteiger charge is -2.24. The van der Waals surface area contributed by atoms with Crippen LogP contribution >= 0.6 is 0 Å². The van der Waals surface area contributed by atoms with E-state index < -0.39 is 0 Å². The van der Waals surface area contributed by atoms with Crippen LogP contribution < -0.4 is 9.47 Å². The third-order valence-corrected chi connectivity index (χ3v) is 6.41. The standard InChI is InChI=1S/C26H29N3O4/c1-17-14-20(19(3)29(17)25-15-18(2)33-27-25)8-10-26(30)28-11-4-6-22(28)21-7-9-23-24(16-21)32-13-5-12-31-23/h7-10,14-16,22H,4-6,11-13H2,1-3H3/b10-8+. The molecule has 0 radical (unpaired) electrons. The smallest absolute Gasteiger partial charge is 0.247 e. The maximum absolute atomic E-state index is 13.2. The number of nitrogens with zero attached hydrogens (tertiary/aromatic N) is 3. The summed E-state index contributed by atoms with van der Waals surface area (Å²) in [4.78, 5) is 15.1. The molecule has 0 aliphatic carbocycles. The maximum atomic E-state index is 13.2. The Kier molecular flexibility index (Phi) is 5.70. The first-order valence-electron chi connectivity index (χ1n) is 11.5. The van der Waals surface area contributed by atoms with E-state index in [0.29, 0.717) is 13.2 Å². The Morgan fingerprint density at radius 3 is 2.67 bits per heavy atom. The summed E-state index contributed by atoms with van der Waals surface area (Å²) in [6.45, 7) is 7.99. The fraction of sp³-hybridized carbons (Fsp3) is 0.385. The molecule has 1 saturated heterocycles. The van der Waals surface area contributed by atoms with Gasteiger partial charge >= 0.3 is 0 Å². The molecule has 1 atom stereocenters. The number of carbonyl (C=O) groups excluding carboxylic acids is 1. The van der Waals surface area contributed by atoms with Gasteiger partial charge in [-0.3, -0.25) is 9.36 Å². The minimum absolute atomic E-state index is 0.0201. The van der Waals surface area contributed by atoms with Crippen molar-refractivity contribution in [1.82, 2.24) is 14.6 Å². The minimum atomic E-state index is 0.0201. The number of carbonyl (C=O) groups is 1. The van der Waals surface area contributed by atoms with E-state index >= 15 is 0 Å². The van der Waals surface area contributed by atoms with Crippen LogP contribution in [0.1, 0.15) is 53.6 Å². The average Bonchev–Trinajstić information content (AvgIpc) is 3.47. The molecule has 5 rings (SSSR count). The van der Waals surface area contributed by atoms with Crippen molar-refractivity contribution in [2.24, 2.45) is 0 Å². The molecule has 1 unspecified atom stereocenters. The third-order valence-electron chi connectivity index (χ3n) is 6.41. The predicted octanol–water partition coefficient (Wildman–Crippen LogP) is 4.93. The van der Waals surface area contributed by atoms with Gasteiger partial charge in [-0.1, -0.05) is 11.2 Å². The normalized spacial score (nSPS) is 18.2. The first kappa shape index (κ1) is 21.4. The molecule has 1 fully saturated rings. The Labute approximate surface area is 193 Å². The molecule has 2 aliphatic rings. The van der Waals surface area contributed by atoms with Crippen LogP contribution in [0.3, 0.4) is 0 Å². The van der Waals surface area contributed by atoms with Gasteiger partial charge in [-0.05, 0) is 69.0 Å². The predicted molar refractivity (Wildman–Crippen MR) is 125 cm³/mol.